The predicted octanol–water partition coefficient (Wildman–Crippen LogP) is 3.19. The van der Waals surface area contributed by atoms with Gasteiger partial charge in [0.1, 0.15) is 0 Å². The molecule has 3 N–H and O–H groups in total. The van der Waals surface area contributed by atoms with Crippen molar-refractivity contribution in [3.8, 4) is 0 Å². The standard InChI is InChI=1S/C26H35N3O5S2/c1-4-20(30)13-26(32)28-23(12-19-8-6-5-7-9-19)24(31)16-29(15-18(2)3)36(33,34)21-10-11-22-25(14-21)35-17-27-22/h5-11,14,17-18,20,23-24,30-31H,4,12-13,15-16H2,1-3H3,(H,28,32)/t20-,23-,24+/m0/s1. The van der Waals surface area contributed by atoms with Gasteiger partial charge in [-0.25, -0.2) is 13.4 Å². The van der Waals surface area contributed by atoms with Gasteiger partial charge in [-0.3, -0.25) is 4.79 Å². The molecule has 0 saturated carbocycles. The normalized spacial score (nSPS) is 14.8. The van der Waals surface area contributed by atoms with Gasteiger partial charge in [0.25, 0.3) is 0 Å². The number of benzene rings is 2. The summed E-state index contributed by atoms with van der Waals surface area (Å²) in [5.41, 5.74) is 3.30. The number of aliphatic hydroxyl groups is 2. The van der Waals surface area contributed by atoms with Crippen LogP contribution in [0.2, 0.25) is 0 Å². The molecule has 1 heterocycles. The molecule has 196 valence electrons. The number of amides is 1. The molecule has 3 rings (SSSR count). The zero-order chi connectivity index (χ0) is 26.3. The van der Waals surface area contributed by atoms with Crippen molar-refractivity contribution in [2.45, 2.75) is 63.2 Å². The number of fused-ring (bicyclic) bond motifs is 1. The Morgan fingerprint density at radius 3 is 2.50 bits per heavy atom. The molecule has 1 aromatic heterocycles. The smallest absolute Gasteiger partial charge is 0.243 e. The van der Waals surface area contributed by atoms with Crippen LogP contribution in [-0.4, -0.2) is 65.2 Å². The summed E-state index contributed by atoms with van der Waals surface area (Å²) in [5, 5.41) is 24.0. The van der Waals surface area contributed by atoms with Gasteiger partial charge in [-0.15, -0.1) is 11.3 Å². The lowest BCUT2D eigenvalue weighted by atomic mass is 10.0. The first-order valence-electron chi connectivity index (χ1n) is 12.1. The van der Waals surface area contributed by atoms with Gasteiger partial charge in [0.2, 0.25) is 15.9 Å². The summed E-state index contributed by atoms with van der Waals surface area (Å²) >= 11 is 1.37. The third kappa shape index (κ3) is 7.57. The Labute approximate surface area is 217 Å². The van der Waals surface area contributed by atoms with Gasteiger partial charge >= 0.3 is 0 Å². The van der Waals surface area contributed by atoms with Gasteiger partial charge in [-0.05, 0) is 42.5 Å². The summed E-state index contributed by atoms with van der Waals surface area (Å²) in [6, 6.07) is 13.5. The van der Waals surface area contributed by atoms with Crippen molar-refractivity contribution in [3.63, 3.8) is 0 Å². The van der Waals surface area contributed by atoms with Crippen molar-refractivity contribution >= 4 is 37.5 Å². The van der Waals surface area contributed by atoms with E-state index in [0.717, 1.165) is 15.8 Å². The average Bonchev–Trinajstić information content (AvgIpc) is 3.31. The lowest BCUT2D eigenvalue weighted by Crippen LogP contribution is -2.51. The molecule has 0 bridgehead atoms. The highest BCUT2D eigenvalue weighted by molar-refractivity contribution is 7.89. The van der Waals surface area contributed by atoms with Gasteiger partial charge < -0.3 is 15.5 Å². The molecule has 1 amide bonds. The van der Waals surface area contributed by atoms with Gasteiger partial charge in [0.15, 0.2) is 0 Å². The van der Waals surface area contributed by atoms with Crippen molar-refractivity contribution in [3.05, 3.63) is 59.6 Å². The first-order chi connectivity index (χ1) is 17.1. The second-order valence-corrected chi connectivity index (χ2v) is 12.2. The summed E-state index contributed by atoms with van der Waals surface area (Å²) < 4.78 is 29.3. The molecule has 0 aliphatic rings. The minimum absolute atomic E-state index is 0.0148. The highest BCUT2D eigenvalue weighted by atomic mass is 32.2. The SMILES string of the molecule is CC[C@H](O)CC(=O)N[C@@H](Cc1ccccc1)[C@H](O)CN(CC(C)C)S(=O)(=O)c1ccc2ncsc2c1. The third-order valence-corrected chi connectivity index (χ3v) is 8.52. The molecule has 2 aromatic carbocycles. The van der Waals surface area contributed by atoms with E-state index in [-0.39, 0.29) is 30.3 Å². The summed E-state index contributed by atoms with van der Waals surface area (Å²) in [6.07, 6.45) is -1.29. The molecule has 10 heteroatoms. The molecule has 3 aromatic rings. The van der Waals surface area contributed by atoms with Gasteiger partial charge in [-0.1, -0.05) is 51.1 Å². The molecule has 36 heavy (non-hydrogen) atoms. The van der Waals surface area contributed by atoms with Crippen LogP contribution < -0.4 is 5.32 Å². The molecule has 0 spiro atoms. The maximum Gasteiger partial charge on any atom is 0.243 e. The number of thiazole rings is 1. The first kappa shape index (κ1) is 28.2. The van der Waals surface area contributed by atoms with Crippen molar-refractivity contribution in [1.82, 2.24) is 14.6 Å². The highest BCUT2D eigenvalue weighted by Crippen LogP contribution is 2.25. The van der Waals surface area contributed by atoms with Crippen LogP contribution in [0.1, 0.15) is 39.2 Å². The van der Waals surface area contributed by atoms with Gasteiger partial charge in [0, 0.05) is 13.1 Å². The minimum atomic E-state index is -3.92. The fourth-order valence-electron chi connectivity index (χ4n) is 3.93. The maximum absolute atomic E-state index is 13.6. The summed E-state index contributed by atoms with van der Waals surface area (Å²) in [7, 11) is -3.92. The number of hydrogen-bond donors (Lipinski definition) is 3. The predicted molar refractivity (Wildman–Crippen MR) is 142 cm³/mol. The topological polar surface area (TPSA) is 120 Å². The Hall–Kier alpha value is -2.37. The average molecular weight is 534 g/mol. The lowest BCUT2D eigenvalue weighted by Gasteiger charge is -2.31. The molecule has 8 nitrogen and oxygen atoms in total. The van der Waals surface area contributed by atoms with Crippen molar-refractivity contribution in [2.24, 2.45) is 5.92 Å². The van der Waals surface area contributed by atoms with Gasteiger partial charge in [0.05, 0.1) is 45.3 Å². The zero-order valence-corrected chi connectivity index (χ0v) is 22.5. The molecule has 0 saturated heterocycles. The fourth-order valence-corrected chi connectivity index (χ4v) is 6.37. The van der Waals surface area contributed by atoms with E-state index in [0.29, 0.717) is 12.8 Å². The summed E-state index contributed by atoms with van der Waals surface area (Å²) in [5.74, 6) is -0.376. The molecule has 0 radical (unpaired) electrons. The van der Waals surface area contributed by atoms with Crippen molar-refractivity contribution < 1.29 is 23.4 Å². The molecule has 0 aliphatic carbocycles. The van der Waals surface area contributed by atoms with E-state index in [1.54, 1.807) is 24.6 Å². The Kier molecular flexibility index (Phi) is 9.98. The third-order valence-electron chi connectivity index (χ3n) is 5.90. The summed E-state index contributed by atoms with van der Waals surface area (Å²) in [4.78, 5) is 16.9. The number of carbonyl (C=O) groups excluding carboxylic acids is 1. The second kappa shape index (κ2) is 12.7. The monoisotopic (exact) mass is 533 g/mol. The molecule has 3 atom stereocenters. The van der Waals surface area contributed by atoms with E-state index in [4.69, 9.17) is 0 Å². The highest BCUT2D eigenvalue weighted by Gasteiger charge is 2.31. The minimum Gasteiger partial charge on any atom is -0.393 e. The number of sulfonamides is 1. The van der Waals surface area contributed by atoms with E-state index in [9.17, 15) is 23.4 Å². The number of hydrogen-bond acceptors (Lipinski definition) is 7. The number of aromatic nitrogens is 1. The number of aliphatic hydroxyl groups excluding tert-OH is 2. The molecule has 0 aliphatic heterocycles. The van der Waals surface area contributed by atoms with E-state index in [1.165, 1.54) is 21.7 Å². The quantitative estimate of drug-likeness (QED) is 0.310. The largest absolute Gasteiger partial charge is 0.393 e. The molecular formula is C26H35N3O5S2. The molecule has 0 unspecified atom stereocenters. The Bertz CT molecular complexity index is 1230. The Morgan fingerprint density at radius 2 is 1.83 bits per heavy atom. The van der Waals surface area contributed by atoms with Crippen LogP contribution in [-0.2, 0) is 21.2 Å². The molecular weight excluding hydrogens is 498 g/mol. The number of rotatable bonds is 13. The van der Waals surface area contributed by atoms with Crippen LogP contribution in [0, 0.1) is 5.92 Å². The van der Waals surface area contributed by atoms with Crippen LogP contribution in [0.5, 0.6) is 0 Å². The van der Waals surface area contributed by atoms with Crippen LogP contribution in [0.4, 0.5) is 0 Å². The van der Waals surface area contributed by atoms with Crippen LogP contribution >= 0.6 is 11.3 Å². The fraction of sp³-hybridized carbons (Fsp3) is 0.462. The Balaban J connectivity index is 1.86. The van der Waals surface area contributed by atoms with E-state index >= 15 is 0 Å². The van der Waals surface area contributed by atoms with Crippen LogP contribution in [0.3, 0.4) is 0 Å². The van der Waals surface area contributed by atoms with Crippen molar-refractivity contribution in [1.29, 1.82) is 0 Å². The van der Waals surface area contributed by atoms with Gasteiger partial charge in [-0.2, -0.15) is 4.31 Å². The second-order valence-electron chi connectivity index (χ2n) is 9.40. The summed E-state index contributed by atoms with van der Waals surface area (Å²) in [6.45, 7) is 5.63. The maximum atomic E-state index is 13.6. The number of carbonyl (C=O) groups is 1. The van der Waals surface area contributed by atoms with E-state index < -0.39 is 34.2 Å². The van der Waals surface area contributed by atoms with Crippen LogP contribution in [0.15, 0.2) is 58.9 Å². The van der Waals surface area contributed by atoms with E-state index in [1.807, 2.05) is 44.2 Å². The number of nitrogens with zero attached hydrogens (tertiary/aromatic N) is 2. The van der Waals surface area contributed by atoms with Crippen LogP contribution in [0.25, 0.3) is 10.2 Å². The zero-order valence-electron chi connectivity index (χ0n) is 20.9. The number of nitrogens with one attached hydrogen (secondary N) is 1. The lowest BCUT2D eigenvalue weighted by molar-refractivity contribution is -0.124. The molecule has 0 fully saturated rings. The first-order valence-corrected chi connectivity index (χ1v) is 14.4. The van der Waals surface area contributed by atoms with Crippen molar-refractivity contribution in [2.75, 3.05) is 13.1 Å². The Morgan fingerprint density at radius 1 is 1.11 bits per heavy atom. The van der Waals surface area contributed by atoms with E-state index in [2.05, 4.69) is 10.3 Å².